The van der Waals surface area contributed by atoms with Gasteiger partial charge in [0.25, 0.3) is 0 Å². The Labute approximate surface area is 209 Å². The summed E-state index contributed by atoms with van der Waals surface area (Å²) in [6.45, 7) is 4.35. The van der Waals surface area contributed by atoms with Crippen LogP contribution in [0.4, 0.5) is 17.6 Å². The van der Waals surface area contributed by atoms with E-state index in [4.69, 9.17) is 5.73 Å². The Balaban J connectivity index is 1.41. The normalized spacial score (nSPS) is 17.9. The molecule has 0 spiro atoms. The smallest absolute Gasteiger partial charge is 0.232 e. The van der Waals surface area contributed by atoms with Crippen molar-refractivity contribution in [1.82, 2.24) is 34.7 Å². The predicted octanol–water partition coefficient (Wildman–Crippen LogP) is 5.20. The summed E-state index contributed by atoms with van der Waals surface area (Å²) in [6.07, 6.45) is 8.42. The van der Waals surface area contributed by atoms with Gasteiger partial charge in [0.05, 0.1) is 5.75 Å². The van der Waals surface area contributed by atoms with Crippen LogP contribution < -0.4 is 11.1 Å². The number of aryl methyl sites for hydroxylation is 1. The zero-order chi connectivity index (χ0) is 24.2. The van der Waals surface area contributed by atoms with E-state index in [0.717, 1.165) is 34.2 Å². The van der Waals surface area contributed by atoms with Gasteiger partial charge in [0.1, 0.15) is 5.82 Å². The molecular formula is C25H29N9S. The summed E-state index contributed by atoms with van der Waals surface area (Å²) in [4.78, 5) is 17.5. The third-order valence-corrected chi connectivity index (χ3v) is 7.34. The lowest BCUT2D eigenvalue weighted by atomic mass is 9.85. The second-order valence-electron chi connectivity index (χ2n) is 8.91. The molecule has 9 nitrogen and oxygen atoms in total. The summed E-state index contributed by atoms with van der Waals surface area (Å²) >= 11 is 1.57. The molecule has 1 saturated carbocycles. The van der Waals surface area contributed by atoms with Crippen LogP contribution in [0.15, 0.2) is 53.9 Å². The van der Waals surface area contributed by atoms with E-state index in [1.54, 1.807) is 18.0 Å². The predicted molar refractivity (Wildman–Crippen MR) is 138 cm³/mol. The number of para-hydroxylation sites is 1. The van der Waals surface area contributed by atoms with Gasteiger partial charge in [-0.2, -0.15) is 15.0 Å². The number of thioether (sulfide) groups is 1. The molecule has 5 rings (SSSR count). The maximum Gasteiger partial charge on any atom is 0.232 e. The highest BCUT2D eigenvalue weighted by atomic mass is 32.2. The largest absolute Gasteiger partial charge is 0.368 e. The standard InChI is InChI=1S/C25H29N9S/c1-16-8-3-5-11-19(16)28-24-30-21(29-23(26)31-24)15-35-25-33-32-22(18-10-7-13-27-14-18)34(25)20-12-6-4-9-17(20)2/h3,5,7-8,10-11,13-14,17,20H,4,6,9,12,15H2,1-2H3,(H3,26,28,29,30,31)/t17-,20+/m0/s1. The van der Waals surface area contributed by atoms with Gasteiger partial charge < -0.3 is 11.1 Å². The molecule has 0 aliphatic heterocycles. The fourth-order valence-corrected chi connectivity index (χ4v) is 5.41. The molecule has 1 fully saturated rings. The summed E-state index contributed by atoms with van der Waals surface area (Å²) in [5.74, 6) is 3.11. The number of nitrogens with zero attached hydrogens (tertiary/aromatic N) is 7. The number of nitrogens with two attached hydrogens (primary N) is 1. The number of rotatable bonds is 7. The van der Waals surface area contributed by atoms with E-state index in [1.807, 2.05) is 49.5 Å². The SMILES string of the molecule is Cc1ccccc1Nc1nc(N)nc(CSc2nnc(-c3cccnc3)n2[C@@H]2CCCC[C@@H]2C)n1. The van der Waals surface area contributed by atoms with E-state index >= 15 is 0 Å². The van der Waals surface area contributed by atoms with Crippen LogP contribution in [0.1, 0.15) is 50.0 Å². The van der Waals surface area contributed by atoms with Crippen molar-refractivity contribution in [3.05, 3.63) is 60.2 Å². The van der Waals surface area contributed by atoms with Crippen molar-refractivity contribution in [3.8, 4) is 11.4 Å². The highest BCUT2D eigenvalue weighted by molar-refractivity contribution is 7.98. The Morgan fingerprint density at radius 3 is 2.71 bits per heavy atom. The van der Waals surface area contributed by atoms with Crippen molar-refractivity contribution in [3.63, 3.8) is 0 Å². The highest BCUT2D eigenvalue weighted by Gasteiger charge is 2.29. The van der Waals surface area contributed by atoms with Gasteiger partial charge in [-0.3, -0.25) is 9.55 Å². The third kappa shape index (κ3) is 5.27. The van der Waals surface area contributed by atoms with E-state index in [2.05, 4.69) is 46.9 Å². The third-order valence-electron chi connectivity index (χ3n) is 6.40. The number of pyridine rings is 1. The molecule has 1 aliphatic carbocycles. The van der Waals surface area contributed by atoms with Crippen LogP contribution in [0.5, 0.6) is 0 Å². The van der Waals surface area contributed by atoms with Crippen molar-refractivity contribution in [1.29, 1.82) is 0 Å². The molecule has 180 valence electrons. The van der Waals surface area contributed by atoms with Crippen LogP contribution in [-0.2, 0) is 5.75 Å². The number of hydrogen-bond donors (Lipinski definition) is 2. The fourth-order valence-electron chi connectivity index (χ4n) is 4.57. The minimum absolute atomic E-state index is 0.185. The van der Waals surface area contributed by atoms with Gasteiger partial charge in [-0.1, -0.05) is 49.7 Å². The number of nitrogens with one attached hydrogen (secondary N) is 1. The van der Waals surface area contributed by atoms with Gasteiger partial charge in [-0.15, -0.1) is 10.2 Å². The fraction of sp³-hybridized carbons (Fsp3) is 0.360. The lowest BCUT2D eigenvalue weighted by Crippen LogP contribution is -2.22. The number of benzene rings is 1. The van der Waals surface area contributed by atoms with Crippen molar-refractivity contribution >= 4 is 29.3 Å². The quantitative estimate of drug-likeness (QED) is 0.339. The molecule has 35 heavy (non-hydrogen) atoms. The van der Waals surface area contributed by atoms with Gasteiger partial charge in [0, 0.05) is 29.7 Å². The number of aromatic nitrogens is 7. The number of nitrogen functional groups attached to an aromatic ring is 1. The molecule has 2 atom stereocenters. The molecule has 1 aliphatic rings. The van der Waals surface area contributed by atoms with Gasteiger partial charge in [-0.25, -0.2) is 0 Å². The monoisotopic (exact) mass is 487 g/mol. The number of anilines is 3. The van der Waals surface area contributed by atoms with Gasteiger partial charge in [-0.05, 0) is 49.4 Å². The first kappa shape index (κ1) is 23.2. The molecule has 3 N–H and O–H groups in total. The molecule has 3 aromatic heterocycles. The molecule has 4 aromatic rings. The minimum atomic E-state index is 0.185. The maximum absolute atomic E-state index is 6.01. The van der Waals surface area contributed by atoms with Gasteiger partial charge in [0.15, 0.2) is 11.0 Å². The molecule has 1 aromatic carbocycles. The Kier molecular flexibility index (Phi) is 6.89. The Hall–Kier alpha value is -3.53. The first-order valence-electron chi connectivity index (χ1n) is 11.9. The van der Waals surface area contributed by atoms with Crippen LogP contribution in [0.3, 0.4) is 0 Å². The average Bonchev–Trinajstić information content (AvgIpc) is 3.28. The minimum Gasteiger partial charge on any atom is -0.368 e. The topological polar surface area (TPSA) is 120 Å². The van der Waals surface area contributed by atoms with Crippen LogP contribution in [0.25, 0.3) is 11.4 Å². The average molecular weight is 488 g/mol. The van der Waals surface area contributed by atoms with E-state index in [0.29, 0.717) is 29.5 Å². The van der Waals surface area contributed by atoms with E-state index < -0.39 is 0 Å². The zero-order valence-electron chi connectivity index (χ0n) is 19.9. The highest BCUT2D eigenvalue weighted by Crippen LogP contribution is 2.39. The molecule has 0 saturated heterocycles. The van der Waals surface area contributed by atoms with Crippen LogP contribution in [0.2, 0.25) is 0 Å². The van der Waals surface area contributed by atoms with Gasteiger partial charge >= 0.3 is 0 Å². The second-order valence-corrected chi connectivity index (χ2v) is 9.85. The molecule has 10 heteroatoms. The Morgan fingerprint density at radius 2 is 1.91 bits per heavy atom. The van der Waals surface area contributed by atoms with Crippen LogP contribution >= 0.6 is 11.8 Å². The van der Waals surface area contributed by atoms with Crippen LogP contribution in [0, 0.1) is 12.8 Å². The molecule has 0 unspecified atom stereocenters. The molecule has 0 bridgehead atoms. The van der Waals surface area contributed by atoms with E-state index in [-0.39, 0.29) is 5.95 Å². The van der Waals surface area contributed by atoms with Crippen LogP contribution in [-0.4, -0.2) is 34.7 Å². The maximum atomic E-state index is 6.01. The van der Waals surface area contributed by atoms with Crippen molar-refractivity contribution in [2.75, 3.05) is 11.1 Å². The lowest BCUT2D eigenvalue weighted by molar-refractivity contribution is 0.247. The molecule has 3 heterocycles. The first-order chi connectivity index (χ1) is 17.1. The van der Waals surface area contributed by atoms with Crippen molar-refractivity contribution < 1.29 is 0 Å². The molecular weight excluding hydrogens is 458 g/mol. The molecule has 0 amide bonds. The number of hydrogen-bond acceptors (Lipinski definition) is 9. The summed E-state index contributed by atoms with van der Waals surface area (Å²) in [7, 11) is 0. The zero-order valence-corrected chi connectivity index (χ0v) is 20.7. The summed E-state index contributed by atoms with van der Waals surface area (Å²) in [5, 5.41) is 13.3. The first-order valence-corrected chi connectivity index (χ1v) is 12.9. The molecule has 0 radical (unpaired) electrons. The Bertz CT molecular complexity index is 1290. The summed E-state index contributed by atoms with van der Waals surface area (Å²) in [6, 6.07) is 12.3. The summed E-state index contributed by atoms with van der Waals surface area (Å²) < 4.78 is 2.29. The van der Waals surface area contributed by atoms with Gasteiger partial charge in [0.2, 0.25) is 11.9 Å². The van der Waals surface area contributed by atoms with E-state index in [9.17, 15) is 0 Å². The summed E-state index contributed by atoms with van der Waals surface area (Å²) in [5.41, 5.74) is 9.02. The van der Waals surface area contributed by atoms with Crippen molar-refractivity contribution in [2.24, 2.45) is 5.92 Å². The van der Waals surface area contributed by atoms with Crippen molar-refractivity contribution in [2.45, 2.75) is 56.5 Å². The van der Waals surface area contributed by atoms with E-state index in [1.165, 1.54) is 19.3 Å². The second kappa shape index (κ2) is 10.4. The Morgan fingerprint density at radius 1 is 1.06 bits per heavy atom. The lowest BCUT2D eigenvalue weighted by Gasteiger charge is -2.31.